The fourth-order valence-corrected chi connectivity index (χ4v) is 3.00. The largest absolute Gasteiger partial charge is 0.487 e. The van der Waals surface area contributed by atoms with Crippen molar-refractivity contribution in [3.63, 3.8) is 0 Å². The van der Waals surface area contributed by atoms with Crippen LogP contribution in [0.2, 0.25) is 0 Å². The predicted octanol–water partition coefficient (Wildman–Crippen LogP) is 4.03. The summed E-state index contributed by atoms with van der Waals surface area (Å²) in [6, 6.07) is 13.0. The van der Waals surface area contributed by atoms with Gasteiger partial charge in [0.2, 0.25) is 0 Å². The second kappa shape index (κ2) is 5.49. The van der Waals surface area contributed by atoms with E-state index in [1.54, 1.807) is 0 Å². The molecule has 110 valence electrons. The number of aromatic nitrogens is 1. The van der Waals surface area contributed by atoms with Crippen molar-refractivity contribution in [1.29, 1.82) is 0 Å². The van der Waals surface area contributed by atoms with Crippen molar-refractivity contribution < 1.29 is 4.74 Å². The van der Waals surface area contributed by atoms with Gasteiger partial charge in [0.1, 0.15) is 11.4 Å². The van der Waals surface area contributed by atoms with Crippen LogP contribution in [0.25, 0.3) is 0 Å². The summed E-state index contributed by atoms with van der Waals surface area (Å²) in [5.74, 6) is 0.994. The molecule has 1 N–H and O–H groups in total. The Morgan fingerprint density at radius 3 is 2.67 bits per heavy atom. The van der Waals surface area contributed by atoms with E-state index >= 15 is 0 Å². The second-order valence-corrected chi connectivity index (χ2v) is 6.33. The molecule has 2 unspecified atom stereocenters. The average molecular weight is 282 g/mol. The molecule has 0 radical (unpaired) electrons. The van der Waals surface area contributed by atoms with Crippen LogP contribution in [-0.2, 0) is 0 Å². The Bertz CT molecular complexity index is 610. The maximum absolute atomic E-state index is 6.09. The van der Waals surface area contributed by atoms with E-state index < -0.39 is 0 Å². The molecular formula is C18H22N2O. The van der Waals surface area contributed by atoms with Gasteiger partial charge >= 0.3 is 0 Å². The van der Waals surface area contributed by atoms with Crippen LogP contribution < -0.4 is 10.1 Å². The van der Waals surface area contributed by atoms with Gasteiger partial charge in [0.25, 0.3) is 0 Å². The smallest absolute Gasteiger partial charge is 0.124 e. The standard InChI is InChI=1S/C18H22N2O/c1-13(14-8-10-19-11-9-14)20-16-12-18(2,3)21-17-7-5-4-6-15(16)17/h4-11,13,16,20H,12H2,1-3H3. The third-order valence-electron chi connectivity index (χ3n) is 4.03. The lowest BCUT2D eigenvalue weighted by Crippen LogP contribution is -2.40. The van der Waals surface area contributed by atoms with Crippen molar-refractivity contribution in [1.82, 2.24) is 10.3 Å². The van der Waals surface area contributed by atoms with Crippen molar-refractivity contribution in [2.24, 2.45) is 0 Å². The Morgan fingerprint density at radius 1 is 1.19 bits per heavy atom. The van der Waals surface area contributed by atoms with Crippen LogP contribution >= 0.6 is 0 Å². The van der Waals surface area contributed by atoms with E-state index in [1.165, 1.54) is 11.1 Å². The molecule has 1 aliphatic rings. The summed E-state index contributed by atoms with van der Waals surface area (Å²) in [5, 5.41) is 3.74. The molecule has 2 aromatic rings. The Hall–Kier alpha value is -1.87. The lowest BCUT2D eigenvalue weighted by Gasteiger charge is -2.39. The molecule has 2 atom stereocenters. The topological polar surface area (TPSA) is 34.1 Å². The SMILES string of the molecule is CC(NC1CC(C)(C)Oc2ccccc21)c1ccncc1. The van der Waals surface area contributed by atoms with Crippen LogP contribution in [0.4, 0.5) is 0 Å². The van der Waals surface area contributed by atoms with Crippen LogP contribution in [0, 0.1) is 0 Å². The van der Waals surface area contributed by atoms with Crippen LogP contribution in [0.1, 0.15) is 50.4 Å². The summed E-state index contributed by atoms with van der Waals surface area (Å²) >= 11 is 0. The zero-order valence-electron chi connectivity index (χ0n) is 12.8. The van der Waals surface area contributed by atoms with Crippen LogP contribution in [0.3, 0.4) is 0 Å². The normalized spacial score (nSPS) is 21.2. The molecule has 3 rings (SSSR count). The van der Waals surface area contributed by atoms with E-state index in [-0.39, 0.29) is 11.6 Å². The molecule has 21 heavy (non-hydrogen) atoms. The van der Waals surface area contributed by atoms with Crippen molar-refractivity contribution >= 4 is 0 Å². The van der Waals surface area contributed by atoms with Crippen molar-refractivity contribution in [2.75, 3.05) is 0 Å². The first kappa shape index (κ1) is 14.1. The Kier molecular flexibility index (Phi) is 3.68. The number of nitrogens with one attached hydrogen (secondary N) is 1. The molecule has 0 spiro atoms. The summed E-state index contributed by atoms with van der Waals surface area (Å²) < 4.78 is 6.09. The zero-order valence-corrected chi connectivity index (χ0v) is 12.8. The lowest BCUT2D eigenvalue weighted by molar-refractivity contribution is 0.0640. The summed E-state index contributed by atoms with van der Waals surface area (Å²) in [4.78, 5) is 4.09. The van der Waals surface area contributed by atoms with Crippen molar-refractivity contribution in [3.8, 4) is 5.75 Å². The Labute approximate surface area is 126 Å². The Balaban J connectivity index is 1.85. The number of nitrogens with zero attached hydrogens (tertiary/aromatic N) is 1. The molecule has 0 saturated carbocycles. The van der Waals surface area contributed by atoms with Gasteiger partial charge in [-0.3, -0.25) is 4.98 Å². The molecule has 0 fully saturated rings. The molecule has 0 amide bonds. The van der Waals surface area contributed by atoms with Gasteiger partial charge in [-0.15, -0.1) is 0 Å². The summed E-state index contributed by atoms with van der Waals surface area (Å²) in [7, 11) is 0. The monoisotopic (exact) mass is 282 g/mol. The summed E-state index contributed by atoms with van der Waals surface area (Å²) in [6.45, 7) is 6.49. The third kappa shape index (κ3) is 3.08. The maximum Gasteiger partial charge on any atom is 0.124 e. The highest BCUT2D eigenvalue weighted by molar-refractivity contribution is 5.39. The third-order valence-corrected chi connectivity index (χ3v) is 4.03. The first-order valence-corrected chi connectivity index (χ1v) is 7.49. The molecule has 2 heterocycles. The number of pyridine rings is 1. The zero-order chi connectivity index (χ0) is 14.9. The molecule has 3 nitrogen and oxygen atoms in total. The van der Waals surface area contributed by atoms with Gasteiger partial charge in [0.05, 0.1) is 0 Å². The van der Waals surface area contributed by atoms with Gasteiger partial charge in [-0.25, -0.2) is 0 Å². The number of ether oxygens (including phenoxy) is 1. The summed E-state index contributed by atoms with van der Waals surface area (Å²) in [5.41, 5.74) is 2.36. The lowest BCUT2D eigenvalue weighted by atomic mass is 9.89. The van der Waals surface area contributed by atoms with Crippen molar-refractivity contribution in [3.05, 3.63) is 59.9 Å². The minimum atomic E-state index is -0.149. The summed E-state index contributed by atoms with van der Waals surface area (Å²) in [6.07, 6.45) is 4.64. The number of rotatable bonds is 3. The number of para-hydroxylation sites is 1. The van der Waals surface area contributed by atoms with Crippen LogP contribution in [-0.4, -0.2) is 10.6 Å². The molecule has 1 aliphatic heterocycles. The quantitative estimate of drug-likeness (QED) is 0.922. The maximum atomic E-state index is 6.09. The number of hydrogen-bond donors (Lipinski definition) is 1. The van der Waals surface area contributed by atoms with Crippen LogP contribution in [0.5, 0.6) is 5.75 Å². The van der Waals surface area contributed by atoms with Gasteiger partial charge in [0, 0.05) is 36.5 Å². The first-order chi connectivity index (χ1) is 10.1. The molecule has 0 saturated heterocycles. The van der Waals surface area contributed by atoms with E-state index in [0.29, 0.717) is 6.04 Å². The minimum Gasteiger partial charge on any atom is -0.487 e. The van der Waals surface area contributed by atoms with E-state index in [2.05, 4.69) is 61.4 Å². The molecule has 3 heteroatoms. The van der Waals surface area contributed by atoms with E-state index in [4.69, 9.17) is 4.74 Å². The molecule has 1 aromatic heterocycles. The number of benzene rings is 1. The highest BCUT2D eigenvalue weighted by Crippen LogP contribution is 2.40. The number of hydrogen-bond acceptors (Lipinski definition) is 3. The predicted molar refractivity (Wildman–Crippen MR) is 84.3 cm³/mol. The van der Waals surface area contributed by atoms with E-state index in [0.717, 1.165) is 12.2 Å². The first-order valence-electron chi connectivity index (χ1n) is 7.49. The molecule has 0 bridgehead atoms. The molecule has 0 aliphatic carbocycles. The molecule has 1 aromatic carbocycles. The van der Waals surface area contributed by atoms with Gasteiger partial charge in [0.15, 0.2) is 0 Å². The van der Waals surface area contributed by atoms with E-state index in [1.807, 2.05) is 18.5 Å². The molecular weight excluding hydrogens is 260 g/mol. The highest BCUT2D eigenvalue weighted by Gasteiger charge is 2.33. The second-order valence-electron chi connectivity index (χ2n) is 6.33. The van der Waals surface area contributed by atoms with Gasteiger partial charge in [-0.05, 0) is 44.5 Å². The van der Waals surface area contributed by atoms with Gasteiger partial charge in [-0.2, -0.15) is 0 Å². The van der Waals surface area contributed by atoms with Gasteiger partial charge in [-0.1, -0.05) is 18.2 Å². The average Bonchev–Trinajstić information content (AvgIpc) is 2.47. The number of fused-ring (bicyclic) bond motifs is 1. The van der Waals surface area contributed by atoms with E-state index in [9.17, 15) is 0 Å². The fraction of sp³-hybridized carbons (Fsp3) is 0.389. The fourth-order valence-electron chi connectivity index (χ4n) is 3.00. The van der Waals surface area contributed by atoms with Crippen LogP contribution in [0.15, 0.2) is 48.8 Å². The van der Waals surface area contributed by atoms with Gasteiger partial charge < -0.3 is 10.1 Å². The van der Waals surface area contributed by atoms with Crippen molar-refractivity contribution in [2.45, 2.75) is 44.9 Å². The minimum absolute atomic E-state index is 0.149. The highest BCUT2D eigenvalue weighted by atomic mass is 16.5. The Morgan fingerprint density at radius 2 is 1.90 bits per heavy atom.